The van der Waals surface area contributed by atoms with Gasteiger partial charge in [-0.1, -0.05) is 23.4 Å². The first-order valence-electron chi connectivity index (χ1n) is 3.62. The van der Waals surface area contributed by atoms with Crippen molar-refractivity contribution in [3.05, 3.63) is 30.3 Å². The van der Waals surface area contributed by atoms with Crippen LogP contribution >= 0.6 is 0 Å². The van der Waals surface area contributed by atoms with E-state index in [9.17, 15) is 4.79 Å². The van der Waals surface area contributed by atoms with Gasteiger partial charge in [-0.25, -0.2) is 4.79 Å². The van der Waals surface area contributed by atoms with E-state index in [4.69, 9.17) is 0 Å². The summed E-state index contributed by atoms with van der Waals surface area (Å²) < 4.78 is 4.28. The van der Waals surface area contributed by atoms with Crippen molar-refractivity contribution in [1.29, 1.82) is 0 Å². The fourth-order valence-electron chi connectivity index (χ4n) is 0.664. The molecule has 0 bridgehead atoms. The Labute approximate surface area is 75.4 Å². The molecule has 0 aromatic heterocycles. The maximum Gasteiger partial charge on any atom is 0.428 e. The second-order valence-electron chi connectivity index (χ2n) is 2.14. The number of nitrogens with one attached hydrogen (secondary N) is 1. The van der Waals surface area contributed by atoms with E-state index < -0.39 is 6.09 Å². The lowest BCUT2D eigenvalue weighted by Gasteiger charge is -1.93. The predicted molar refractivity (Wildman–Crippen MR) is 46.5 cm³/mol. The summed E-state index contributed by atoms with van der Waals surface area (Å²) in [7, 11) is 1.26. The van der Waals surface area contributed by atoms with Gasteiger partial charge in [0.25, 0.3) is 0 Å². The summed E-state index contributed by atoms with van der Waals surface area (Å²) in [6.45, 7) is 0. The number of ether oxygens (including phenoxy) is 1. The van der Waals surface area contributed by atoms with Crippen LogP contribution in [0.4, 0.5) is 10.5 Å². The van der Waals surface area contributed by atoms with Gasteiger partial charge in [0, 0.05) is 0 Å². The number of benzene rings is 1. The van der Waals surface area contributed by atoms with Crippen LogP contribution in [0.3, 0.4) is 0 Å². The zero-order valence-electron chi connectivity index (χ0n) is 7.10. The van der Waals surface area contributed by atoms with Gasteiger partial charge in [0.15, 0.2) is 0 Å². The van der Waals surface area contributed by atoms with E-state index in [1.807, 2.05) is 18.2 Å². The number of hydrogen-bond acceptors (Lipinski definition) is 4. The number of carbonyl (C=O) groups excluding carboxylic acids is 1. The minimum Gasteiger partial charge on any atom is -0.452 e. The van der Waals surface area contributed by atoms with Gasteiger partial charge >= 0.3 is 6.09 Å². The molecule has 68 valence electrons. The molecule has 0 fully saturated rings. The van der Waals surface area contributed by atoms with Gasteiger partial charge in [0.2, 0.25) is 0 Å². The largest absolute Gasteiger partial charge is 0.452 e. The Balaban J connectivity index is 2.45. The predicted octanol–water partition coefficient (Wildman–Crippen LogP) is 2.04. The lowest BCUT2D eigenvalue weighted by molar-refractivity contribution is 0.170. The van der Waals surface area contributed by atoms with Gasteiger partial charge in [0.1, 0.15) is 0 Å². The average Bonchev–Trinajstić information content (AvgIpc) is 2.19. The number of hydrogen-bond donors (Lipinski definition) is 1. The van der Waals surface area contributed by atoms with Crippen LogP contribution < -0.4 is 5.43 Å². The van der Waals surface area contributed by atoms with Crippen LogP contribution in [-0.2, 0) is 4.74 Å². The number of rotatable bonds is 2. The summed E-state index contributed by atoms with van der Waals surface area (Å²) in [5.74, 6) is 0. The third kappa shape index (κ3) is 3.33. The van der Waals surface area contributed by atoms with Crippen molar-refractivity contribution in [2.75, 3.05) is 7.11 Å². The van der Waals surface area contributed by atoms with Crippen LogP contribution in [0.1, 0.15) is 0 Å². The summed E-state index contributed by atoms with van der Waals surface area (Å²) >= 11 is 0. The molecule has 0 aliphatic carbocycles. The maximum atomic E-state index is 10.5. The monoisotopic (exact) mass is 179 g/mol. The lowest BCUT2D eigenvalue weighted by atomic mass is 10.3. The minimum atomic E-state index is -0.639. The first-order chi connectivity index (χ1) is 6.33. The molecule has 0 saturated heterocycles. The van der Waals surface area contributed by atoms with Crippen LogP contribution in [0.25, 0.3) is 0 Å². The summed E-state index contributed by atoms with van der Waals surface area (Å²) in [6, 6.07) is 9.05. The molecule has 0 unspecified atom stereocenters. The molecular formula is C8H9N3O2. The highest BCUT2D eigenvalue weighted by Crippen LogP contribution is 2.08. The molecule has 5 heteroatoms. The van der Waals surface area contributed by atoms with E-state index in [1.54, 1.807) is 12.1 Å². The Morgan fingerprint density at radius 1 is 1.38 bits per heavy atom. The van der Waals surface area contributed by atoms with Crippen LogP contribution in [0.15, 0.2) is 40.7 Å². The van der Waals surface area contributed by atoms with Crippen molar-refractivity contribution in [1.82, 2.24) is 5.43 Å². The smallest absolute Gasteiger partial charge is 0.428 e. The molecule has 1 aromatic rings. The van der Waals surface area contributed by atoms with E-state index in [1.165, 1.54) is 7.11 Å². The molecule has 0 aliphatic heterocycles. The first kappa shape index (κ1) is 9.18. The normalized spacial score (nSPS) is 9.92. The van der Waals surface area contributed by atoms with Crippen molar-refractivity contribution in [2.24, 2.45) is 10.3 Å². The van der Waals surface area contributed by atoms with Gasteiger partial charge in [-0.2, -0.15) is 5.43 Å². The van der Waals surface area contributed by atoms with Crippen molar-refractivity contribution in [3.8, 4) is 0 Å². The van der Waals surface area contributed by atoms with Crippen molar-refractivity contribution in [2.45, 2.75) is 0 Å². The molecule has 5 nitrogen and oxygen atoms in total. The lowest BCUT2D eigenvalue weighted by Crippen LogP contribution is -2.15. The number of amides is 1. The highest BCUT2D eigenvalue weighted by molar-refractivity contribution is 5.66. The molecule has 0 saturated carbocycles. The number of nitrogens with zero attached hydrogens (tertiary/aromatic N) is 2. The molecular weight excluding hydrogens is 170 g/mol. The summed E-state index contributed by atoms with van der Waals surface area (Å²) in [5.41, 5.74) is 2.74. The van der Waals surface area contributed by atoms with Crippen molar-refractivity contribution in [3.63, 3.8) is 0 Å². The summed E-state index contributed by atoms with van der Waals surface area (Å²) in [6.07, 6.45) is -0.639. The Kier molecular flexibility index (Phi) is 3.44. The zero-order chi connectivity index (χ0) is 9.52. The van der Waals surface area contributed by atoms with Gasteiger partial charge in [-0.05, 0) is 12.1 Å². The highest BCUT2D eigenvalue weighted by atomic mass is 16.5. The van der Waals surface area contributed by atoms with Crippen molar-refractivity contribution < 1.29 is 9.53 Å². The fourth-order valence-corrected chi connectivity index (χ4v) is 0.664. The minimum absolute atomic E-state index is 0.639. The molecule has 0 atom stereocenters. The third-order valence-corrected chi connectivity index (χ3v) is 1.25. The molecule has 1 amide bonds. The molecule has 0 spiro atoms. The van der Waals surface area contributed by atoms with Crippen molar-refractivity contribution >= 4 is 11.8 Å². The molecule has 1 N–H and O–H groups in total. The summed E-state index contributed by atoms with van der Waals surface area (Å²) in [4.78, 5) is 10.5. The standard InChI is InChI=1S/C8H9N3O2/c1-13-8(12)10-11-9-7-5-3-2-4-6-7/h2-6H,1H3,(H,9,10,12). The topological polar surface area (TPSA) is 63.0 Å². The van der Waals surface area contributed by atoms with E-state index in [2.05, 4.69) is 20.5 Å². The van der Waals surface area contributed by atoms with E-state index in [0.29, 0.717) is 5.69 Å². The Hall–Kier alpha value is -1.91. The highest BCUT2D eigenvalue weighted by Gasteiger charge is 1.92. The van der Waals surface area contributed by atoms with Gasteiger partial charge < -0.3 is 4.74 Å². The molecule has 13 heavy (non-hydrogen) atoms. The Bertz CT molecular complexity index is 298. The maximum absolute atomic E-state index is 10.5. The molecule has 0 radical (unpaired) electrons. The first-order valence-corrected chi connectivity index (χ1v) is 3.62. The molecule has 1 aromatic carbocycles. The van der Waals surface area contributed by atoms with Crippen LogP contribution in [-0.4, -0.2) is 13.2 Å². The fraction of sp³-hybridized carbons (Fsp3) is 0.125. The number of methoxy groups -OCH3 is 1. The molecule has 0 aliphatic rings. The number of carbonyl (C=O) groups is 1. The van der Waals surface area contributed by atoms with Crippen LogP contribution in [0.5, 0.6) is 0 Å². The molecule has 0 heterocycles. The van der Waals surface area contributed by atoms with E-state index in [-0.39, 0.29) is 0 Å². The Morgan fingerprint density at radius 2 is 2.08 bits per heavy atom. The van der Waals surface area contributed by atoms with Gasteiger partial charge in [-0.15, -0.1) is 5.11 Å². The average molecular weight is 179 g/mol. The molecule has 1 rings (SSSR count). The van der Waals surface area contributed by atoms with Crippen LogP contribution in [0, 0.1) is 0 Å². The van der Waals surface area contributed by atoms with E-state index in [0.717, 1.165) is 0 Å². The van der Waals surface area contributed by atoms with Gasteiger partial charge in [0.05, 0.1) is 12.8 Å². The van der Waals surface area contributed by atoms with Crippen LogP contribution in [0.2, 0.25) is 0 Å². The second kappa shape index (κ2) is 4.87. The zero-order valence-corrected chi connectivity index (χ0v) is 7.10. The second-order valence-corrected chi connectivity index (χ2v) is 2.14. The van der Waals surface area contributed by atoms with Gasteiger partial charge in [-0.3, -0.25) is 0 Å². The Morgan fingerprint density at radius 3 is 2.69 bits per heavy atom. The SMILES string of the molecule is COC(=O)NN=Nc1ccccc1. The van der Waals surface area contributed by atoms with E-state index >= 15 is 0 Å². The third-order valence-electron chi connectivity index (χ3n) is 1.25. The quantitative estimate of drug-likeness (QED) is 0.557. The summed E-state index contributed by atoms with van der Waals surface area (Å²) in [5, 5.41) is 7.12.